The van der Waals surface area contributed by atoms with Crippen molar-refractivity contribution >= 4 is 0 Å². The van der Waals surface area contributed by atoms with Crippen LogP contribution in [0.1, 0.15) is 46.5 Å². The summed E-state index contributed by atoms with van der Waals surface area (Å²) in [7, 11) is 2.09. The van der Waals surface area contributed by atoms with E-state index in [1.54, 1.807) is 0 Å². The first-order valence-electron chi connectivity index (χ1n) is 6.74. The maximum Gasteiger partial charge on any atom is 0.0552 e. The molecular formula is C14H27NO. The van der Waals surface area contributed by atoms with Crippen LogP contribution in [0.4, 0.5) is 0 Å². The van der Waals surface area contributed by atoms with Crippen LogP contribution in [0.25, 0.3) is 0 Å². The van der Waals surface area contributed by atoms with Gasteiger partial charge in [-0.3, -0.25) is 0 Å². The zero-order valence-electron chi connectivity index (χ0n) is 11.3. The van der Waals surface area contributed by atoms with Gasteiger partial charge in [-0.2, -0.15) is 0 Å². The summed E-state index contributed by atoms with van der Waals surface area (Å²) in [6.07, 6.45) is 5.45. The van der Waals surface area contributed by atoms with E-state index in [1.807, 2.05) is 0 Å². The molecule has 0 aromatic rings. The summed E-state index contributed by atoms with van der Waals surface area (Å²) in [6, 6.07) is 0.759. The second kappa shape index (κ2) is 4.30. The summed E-state index contributed by atoms with van der Waals surface area (Å²) in [4.78, 5) is 0. The Morgan fingerprint density at radius 1 is 1.06 bits per heavy atom. The van der Waals surface area contributed by atoms with E-state index in [2.05, 4.69) is 33.1 Å². The lowest BCUT2D eigenvalue weighted by Crippen LogP contribution is -2.57. The highest BCUT2D eigenvalue weighted by atomic mass is 16.5. The van der Waals surface area contributed by atoms with Gasteiger partial charge in [0.25, 0.3) is 0 Å². The number of rotatable bonds is 2. The largest absolute Gasteiger partial charge is 0.380 e. The lowest BCUT2D eigenvalue weighted by molar-refractivity contribution is -0.208. The lowest BCUT2D eigenvalue weighted by Gasteiger charge is -2.57. The molecule has 0 spiro atoms. The van der Waals surface area contributed by atoms with E-state index in [1.165, 1.54) is 25.7 Å². The molecule has 1 N–H and O–H groups in total. The standard InChI is InChI=1S/C14H27NO/c1-13(2,3)14(9-16-10-14)11-5-7-12(15-4)8-6-11/h11-12,15H,5-10H2,1-4H3. The van der Waals surface area contributed by atoms with Crippen molar-refractivity contribution < 1.29 is 4.74 Å². The van der Waals surface area contributed by atoms with Crippen molar-refractivity contribution in [2.24, 2.45) is 16.7 Å². The molecule has 2 nitrogen and oxygen atoms in total. The van der Waals surface area contributed by atoms with Crippen LogP contribution in [0.2, 0.25) is 0 Å². The van der Waals surface area contributed by atoms with Gasteiger partial charge in [0.05, 0.1) is 13.2 Å². The highest BCUT2D eigenvalue weighted by Gasteiger charge is 2.53. The number of hydrogen-bond donors (Lipinski definition) is 1. The van der Waals surface area contributed by atoms with Crippen molar-refractivity contribution in [1.82, 2.24) is 5.32 Å². The Hall–Kier alpha value is -0.0800. The van der Waals surface area contributed by atoms with Crippen molar-refractivity contribution in [2.45, 2.75) is 52.5 Å². The predicted molar refractivity (Wildman–Crippen MR) is 67.5 cm³/mol. The topological polar surface area (TPSA) is 21.3 Å². The molecular weight excluding hydrogens is 198 g/mol. The molecule has 1 heterocycles. The van der Waals surface area contributed by atoms with Gasteiger partial charge in [0.2, 0.25) is 0 Å². The molecule has 2 aliphatic rings. The zero-order chi connectivity index (χ0) is 11.8. The molecule has 94 valence electrons. The Morgan fingerprint density at radius 3 is 1.94 bits per heavy atom. The SMILES string of the molecule is CNC1CCC(C2(C(C)(C)C)COC2)CC1. The molecule has 1 saturated carbocycles. The van der Waals surface area contributed by atoms with Gasteiger partial charge in [-0.05, 0) is 44.1 Å². The van der Waals surface area contributed by atoms with Gasteiger partial charge in [0.15, 0.2) is 0 Å². The Morgan fingerprint density at radius 2 is 1.62 bits per heavy atom. The molecule has 1 aliphatic carbocycles. The summed E-state index contributed by atoms with van der Waals surface area (Å²) < 4.78 is 5.56. The van der Waals surface area contributed by atoms with E-state index in [9.17, 15) is 0 Å². The molecule has 0 unspecified atom stereocenters. The van der Waals surface area contributed by atoms with Crippen molar-refractivity contribution in [3.8, 4) is 0 Å². The summed E-state index contributed by atoms with van der Waals surface area (Å²) in [5, 5.41) is 3.42. The van der Waals surface area contributed by atoms with Crippen LogP contribution in [0.3, 0.4) is 0 Å². The van der Waals surface area contributed by atoms with Crippen molar-refractivity contribution in [2.75, 3.05) is 20.3 Å². The van der Waals surface area contributed by atoms with Crippen LogP contribution in [0.15, 0.2) is 0 Å². The van der Waals surface area contributed by atoms with Gasteiger partial charge in [-0.25, -0.2) is 0 Å². The average molecular weight is 225 g/mol. The fourth-order valence-electron chi connectivity index (χ4n) is 3.54. The van der Waals surface area contributed by atoms with Gasteiger partial charge in [0.1, 0.15) is 0 Å². The smallest absolute Gasteiger partial charge is 0.0552 e. The Labute approximate surface area is 100 Å². The van der Waals surface area contributed by atoms with Crippen molar-refractivity contribution in [3.63, 3.8) is 0 Å². The quantitative estimate of drug-likeness (QED) is 0.780. The normalized spacial score (nSPS) is 34.5. The highest BCUT2D eigenvalue weighted by Crippen LogP contribution is 2.54. The van der Waals surface area contributed by atoms with Gasteiger partial charge in [0, 0.05) is 11.5 Å². The molecule has 2 rings (SSSR count). The molecule has 2 heteroatoms. The third-order valence-electron chi connectivity index (χ3n) is 5.13. The van der Waals surface area contributed by atoms with Crippen LogP contribution in [-0.2, 0) is 4.74 Å². The Balaban J connectivity index is 2.02. The molecule has 0 bridgehead atoms. The van der Waals surface area contributed by atoms with Crippen LogP contribution >= 0.6 is 0 Å². The molecule has 1 saturated heterocycles. The second-order valence-corrected chi connectivity index (χ2v) is 6.74. The monoisotopic (exact) mass is 225 g/mol. The molecule has 2 fully saturated rings. The van der Waals surface area contributed by atoms with Gasteiger partial charge >= 0.3 is 0 Å². The van der Waals surface area contributed by atoms with Gasteiger partial charge in [-0.15, -0.1) is 0 Å². The first kappa shape index (κ1) is 12.4. The molecule has 0 aromatic heterocycles. The van der Waals surface area contributed by atoms with E-state index < -0.39 is 0 Å². The Bertz CT molecular complexity index is 232. The fourth-order valence-corrected chi connectivity index (χ4v) is 3.54. The molecule has 0 radical (unpaired) electrons. The summed E-state index contributed by atoms with van der Waals surface area (Å²) in [6.45, 7) is 9.15. The third kappa shape index (κ3) is 1.91. The number of nitrogens with one attached hydrogen (secondary N) is 1. The third-order valence-corrected chi connectivity index (χ3v) is 5.13. The summed E-state index contributed by atoms with van der Waals surface area (Å²) in [5.41, 5.74) is 0.855. The van der Waals surface area contributed by atoms with Crippen LogP contribution in [0, 0.1) is 16.7 Å². The van der Waals surface area contributed by atoms with Gasteiger partial charge < -0.3 is 10.1 Å². The fraction of sp³-hybridized carbons (Fsp3) is 1.00. The first-order chi connectivity index (χ1) is 7.49. The number of ether oxygens (including phenoxy) is 1. The van der Waals surface area contributed by atoms with E-state index >= 15 is 0 Å². The molecule has 0 aromatic carbocycles. The zero-order valence-corrected chi connectivity index (χ0v) is 11.3. The molecule has 1 aliphatic heterocycles. The average Bonchev–Trinajstić information content (AvgIpc) is 2.15. The van der Waals surface area contributed by atoms with E-state index in [0.717, 1.165) is 25.2 Å². The van der Waals surface area contributed by atoms with Crippen LogP contribution in [0.5, 0.6) is 0 Å². The maximum atomic E-state index is 5.56. The van der Waals surface area contributed by atoms with Crippen molar-refractivity contribution in [1.29, 1.82) is 0 Å². The van der Waals surface area contributed by atoms with E-state index in [4.69, 9.17) is 4.74 Å². The van der Waals surface area contributed by atoms with E-state index in [-0.39, 0.29) is 0 Å². The predicted octanol–water partition coefficient (Wildman–Crippen LogP) is 2.83. The highest BCUT2D eigenvalue weighted by molar-refractivity contribution is 5.01. The molecule has 0 atom stereocenters. The first-order valence-corrected chi connectivity index (χ1v) is 6.74. The maximum absolute atomic E-state index is 5.56. The number of hydrogen-bond acceptors (Lipinski definition) is 2. The molecule has 0 amide bonds. The minimum atomic E-state index is 0.391. The summed E-state index contributed by atoms with van der Waals surface area (Å²) in [5.74, 6) is 0.880. The summed E-state index contributed by atoms with van der Waals surface area (Å²) >= 11 is 0. The second-order valence-electron chi connectivity index (χ2n) is 6.74. The molecule has 16 heavy (non-hydrogen) atoms. The van der Waals surface area contributed by atoms with E-state index in [0.29, 0.717) is 10.8 Å². The van der Waals surface area contributed by atoms with Crippen LogP contribution < -0.4 is 5.32 Å². The van der Waals surface area contributed by atoms with Crippen molar-refractivity contribution in [3.05, 3.63) is 0 Å². The minimum Gasteiger partial charge on any atom is -0.380 e. The van der Waals surface area contributed by atoms with Crippen LogP contribution in [-0.4, -0.2) is 26.3 Å². The Kier molecular flexibility index (Phi) is 3.33. The van der Waals surface area contributed by atoms with Gasteiger partial charge in [-0.1, -0.05) is 20.8 Å². The lowest BCUT2D eigenvalue weighted by atomic mass is 9.55. The minimum absolute atomic E-state index is 0.391.